The number of nitrogens with one attached hydrogen (secondary N) is 1. The van der Waals surface area contributed by atoms with E-state index in [2.05, 4.69) is 10.6 Å². The number of nitrogens with zero attached hydrogens (tertiary/aromatic N) is 2. The Hall–Kier alpha value is -2.22. The summed E-state index contributed by atoms with van der Waals surface area (Å²) in [6, 6.07) is 13.9. The maximum atomic E-state index is 12.7. The SMILES string of the molecule is CCC(Sc1c([O-])on[n+]1-c1ccccc1)C(=O)Nc1ccc(Cl)c(Cl)c1. The highest BCUT2D eigenvalue weighted by atomic mass is 35.5. The van der Waals surface area contributed by atoms with Crippen LogP contribution in [0.4, 0.5) is 5.69 Å². The Morgan fingerprint density at radius 2 is 2.00 bits per heavy atom. The molecule has 0 aliphatic carbocycles. The lowest BCUT2D eigenvalue weighted by atomic mass is 10.2. The first-order valence-electron chi connectivity index (χ1n) is 8.06. The average Bonchev–Trinajstić information content (AvgIpc) is 3.03. The second kappa shape index (κ2) is 8.65. The molecule has 0 bridgehead atoms. The third kappa shape index (κ3) is 4.55. The number of halogens is 2. The van der Waals surface area contributed by atoms with Gasteiger partial charge in [0.05, 0.1) is 20.6 Å². The number of rotatable bonds is 6. The van der Waals surface area contributed by atoms with Crippen molar-refractivity contribution in [3.05, 3.63) is 58.6 Å². The van der Waals surface area contributed by atoms with E-state index in [1.165, 1.54) is 4.68 Å². The van der Waals surface area contributed by atoms with Crippen LogP contribution in [0.3, 0.4) is 0 Å². The lowest BCUT2D eigenvalue weighted by molar-refractivity contribution is -0.705. The van der Waals surface area contributed by atoms with E-state index in [1.54, 1.807) is 30.3 Å². The summed E-state index contributed by atoms with van der Waals surface area (Å²) in [5.74, 6) is -0.856. The summed E-state index contributed by atoms with van der Waals surface area (Å²) in [7, 11) is 0. The van der Waals surface area contributed by atoms with E-state index in [0.29, 0.717) is 27.8 Å². The van der Waals surface area contributed by atoms with Gasteiger partial charge in [-0.25, -0.2) is 0 Å². The van der Waals surface area contributed by atoms with Gasteiger partial charge >= 0.3 is 0 Å². The molecule has 9 heteroatoms. The van der Waals surface area contributed by atoms with Gasteiger partial charge in [-0.2, -0.15) is 0 Å². The van der Waals surface area contributed by atoms with Crippen LogP contribution >= 0.6 is 35.0 Å². The Morgan fingerprint density at radius 3 is 2.67 bits per heavy atom. The number of thioether (sulfide) groups is 1. The second-order valence-electron chi connectivity index (χ2n) is 5.55. The predicted molar refractivity (Wildman–Crippen MR) is 103 cm³/mol. The quantitative estimate of drug-likeness (QED) is 0.480. The van der Waals surface area contributed by atoms with E-state index >= 15 is 0 Å². The minimum Gasteiger partial charge on any atom is -0.538 e. The number of benzene rings is 2. The van der Waals surface area contributed by atoms with Crippen molar-refractivity contribution < 1.29 is 19.1 Å². The van der Waals surface area contributed by atoms with Crippen LogP contribution in [0, 0.1) is 0 Å². The largest absolute Gasteiger partial charge is 0.538 e. The standard InChI is InChI=1S/C18H15Cl2N3O3S/c1-2-15(16(24)21-11-8-9-13(19)14(20)10-11)27-17-18(25)26-22-23(17)12-6-4-3-5-7-12/h3-10,15H,2H2,1H3,(H-,21,22,24,25). The van der Waals surface area contributed by atoms with Crippen molar-refractivity contribution in [1.82, 2.24) is 5.27 Å². The highest BCUT2D eigenvalue weighted by molar-refractivity contribution is 8.00. The molecule has 1 aromatic heterocycles. The number of amides is 1. The van der Waals surface area contributed by atoms with E-state index in [1.807, 2.05) is 25.1 Å². The van der Waals surface area contributed by atoms with Crippen molar-refractivity contribution in [3.63, 3.8) is 0 Å². The molecule has 0 saturated heterocycles. The maximum Gasteiger partial charge on any atom is 0.298 e. The molecule has 140 valence electrons. The van der Waals surface area contributed by atoms with E-state index in [0.717, 1.165) is 11.8 Å². The van der Waals surface area contributed by atoms with Gasteiger partial charge in [-0.3, -0.25) is 4.79 Å². The van der Waals surface area contributed by atoms with E-state index in [4.69, 9.17) is 27.7 Å². The van der Waals surface area contributed by atoms with Crippen molar-refractivity contribution in [1.29, 1.82) is 0 Å². The van der Waals surface area contributed by atoms with Gasteiger partial charge < -0.3 is 14.9 Å². The monoisotopic (exact) mass is 423 g/mol. The molecule has 3 rings (SSSR count). The van der Waals surface area contributed by atoms with Gasteiger partial charge in [0.1, 0.15) is 0 Å². The van der Waals surface area contributed by atoms with E-state index < -0.39 is 11.2 Å². The molecule has 3 aromatic rings. The van der Waals surface area contributed by atoms with Crippen LogP contribution in [0.2, 0.25) is 10.0 Å². The summed E-state index contributed by atoms with van der Waals surface area (Å²) >= 11 is 13.0. The zero-order valence-corrected chi connectivity index (χ0v) is 16.5. The number of carbonyl (C=O) groups is 1. The van der Waals surface area contributed by atoms with Crippen LogP contribution in [0.25, 0.3) is 5.69 Å². The van der Waals surface area contributed by atoms with Crippen LogP contribution < -0.4 is 15.1 Å². The molecule has 0 fully saturated rings. The minimum atomic E-state index is -0.593. The highest BCUT2D eigenvalue weighted by Crippen LogP contribution is 2.30. The van der Waals surface area contributed by atoms with Crippen LogP contribution in [-0.4, -0.2) is 16.4 Å². The van der Waals surface area contributed by atoms with Gasteiger partial charge in [0, 0.05) is 17.8 Å². The van der Waals surface area contributed by atoms with E-state index in [9.17, 15) is 9.90 Å². The van der Waals surface area contributed by atoms with Crippen LogP contribution in [0.1, 0.15) is 13.3 Å². The molecule has 1 atom stereocenters. The summed E-state index contributed by atoms with van der Waals surface area (Å²) in [6.07, 6.45) is 0.497. The maximum absolute atomic E-state index is 12.7. The van der Waals surface area contributed by atoms with Gasteiger partial charge in [-0.15, -0.1) is 0 Å². The Balaban J connectivity index is 1.80. The average molecular weight is 424 g/mol. The Kier molecular flexibility index (Phi) is 6.26. The first-order chi connectivity index (χ1) is 13.0. The molecule has 0 aliphatic heterocycles. The summed E-state index contributed by atoms with van der Waals surface area (Å²) in [6.45, 7) is 1.86. The van der Waals surface area contributed by atoms with E-state index in [-0.39, 0.29) is 10.9 Å². The van der Waals surface area contributed by atoms with Crippen LogP contribution in [0.15, 0.2) is 58.1 Å². The molecule has 1 N–H and O–H groups in total. The third-order valence-electron chi connectivity index (χ3n) is 3.68. The van der Waals surface area contributed by atoms with Crippen molar-refractivity contribution in [2.24, 2.45) is 0 Å². The second-order valence-corrected chi connectivity index (χ2v) is 7.55. The van der Waals surface area contributed by atoms with Crippen molar-refractivity contribution in [2.75, 3.05) is 5.32 Å². The Bertz CT molecular complexity index is 950. The van der Waals surface area contributed by atoms with Crippen molar-refractivity contribution in [3.8, 4) is 11.6 Å². The fraction of sp³-hybridized carbons (Fsp3) is 0.167. The summed E-state index contributed by atoms with van der Waals surface area (Å²) < 4.78 is 6.19. The zero-order chi connectivity index (χ0) is 19.4. The van der Waals surface area contributed by atoms with Gasteiger partial charge in [-0.1, -0.05) is 48.3 Å². The highest BCUT2D eigenvalue weighted by Gasteiger charge is 2.28. The zero-order valence-electron chi connectivity index (χ0n) is 14.2. The number of hydrogen-bond acceptors (Lipinski definition) is 5. The number of carbonyl (C=O) groups excluding carboxylic acids is 1. The lowest BCUT2D eigenvalue weighted by Gasteiger charge is -2.13. The van der Waals surface area contributed by atoms with Gasteiger partial charge in [0.25, 0.3) is 5.03 Å². The summed E-state index contributed by atoms with van der Waals surface area (Å²) in [5.41, 5.74) is 1.20. The molecule has 0 spiro atoms. The minimum absolute atomic E-state index is 0.234. The van der Waals surface area contributed by atoms with Gasteiger partial charge in [0.2, 0.25) is 11.6 Å². The van der Waals surface area contributed by atoms with Crippen LogP contribution in [0.5, 0.6) is 5.95 Å². The fourth-order valence-corrected chi connectivity index (χ4v) is 3.60. The van der Waals surface area contributed by atoms with Crippen LogP contribution in [-0.2, 0) is 4.79 Å². The number of para-hydroxylation sites is 1. The number of hydrogen-bond donors (Lipinski definition) is 1. The molecule has 0 aliphatic rings. The Morgan fingerprint density at radius 1 is 1.26 bits per heavy atom. The molecule has 1 unspecified atom stereocenters. The first kappa shape index (κ1) is 19.5. The summed E-state index contributed by atoms with van der Waals surface area (Å²) in [4.78, 5) is 12.7. The van der Waals surface area contributed by atoms with Gasteiger partial charge in [0.15, 0.2) is 5.95 Å². The molecular weight excluding hydrogens is 409 g/mol. The third-order valence-corrected chi connectivity index (χ3v) is 5.81. The molecule has 0 radical (unpaired) electrons. The first-order valence-corrected chi connectivity index (χ1v) is 9.70. The summed E-state index contributed by atoms with van der Waals surface area (Å²) in [5, 5.41) is 19.1. The normalized spacial score (nSPS) is 12.0. The molecule has 6 nitrogen and oxygen atoms in total. The molecular formula is C18H15Cl2N3O3S. The predicted octanol–water partition coefficient (Wildman–Crippen LogP) is 3.84. The Labute approximate surface area is 170 Å². The molecule has 27 heavy (non-hydrogen) atoms. The van der Waals surface area contributed by atoms with Crippen molar-refractivity contribution >= 4 is 46.6 Å². The number of anilines is 1. The molecule has 1 amide bonds. The molecule has 0 saturated carbocycles. The molecule has 1 heterocycles. The topological polar surface area (TPSA) is 82.1 Å². The number of aromatic nitrogens is 2. The smallest absolute Gasteiger partial charge is 0.298 e. The molecule has 2 aromatic carbocycles. The van der Waals surface area contributed by atoms with Crippen molar-refractivity contribution in [2.45, 2.75) is 23.6 Å². The fourth-order valence-electron chi connectivity index (χ4n) is 2.33. The lowest BCUT2D eigenvalue weighted by Crippen LogP contribution is -2.36. The van der Waals surface area contributed by atoms with Gasteiger partial charge in [-0.05, 0) is 41.1 Å².